The quantitative estimate of drug-likeness (QED) is 0.776. The molecule has 3 N–H and O–H groups in total. The molecule has 0 aliphatic carbocycles. The summed E-state index contributed by atoms with van der Waals surface area (Å²) in [6, 6.07) is 7.55. The highest BCUT2D eigenvalue weighted by atomic mass is 19.1. The third kappa shape index (κ3) is 2.03. The predicted molar refractivity (Wildman–Crippen MR) is 59.2 cm³/mol. The molecule has 1 saturated heterocycles. The summed E-state index contributed by atoms with van der Waals surface area (Å²) >= 11 is 0. The molecule has 1 aromatic rings. The maximum Gasteiger partial charge on any atom is 0.148 e. The number of alkyl halides is 1. The van der Waals surface area contributed by atoms with E-state index in [0.717, 1.165) is 24.1 Å². The Morgan fingerprint density at radius 3 is 2.87 bits per heavy atom. The van der Waals surface area contributed by atoms with Crippen molar-refractivity contribution in [2.24, 2.45) is 5.73 Å². The zero-order valence-electron chi connectivity index (χ0n) is 8.80. The summed E-state index contributed by atoms with van der Waals surface area (Å²) in [6.45, 7) is 1.72. The molecule has 1 aliphatic heterocycles. The fraction of sp³-hybridized carbons (Fsp3) is 0.500. The van der Waals surface area contributed by atoms with Gasteiger partial charge in [0.25, 0.3) is 0 Å². The standard InChI is InChI=1S/C12H17FN2/c13-12(6-3-7-15-9-12)11-5-2-1-4-10(11)8-14/h1-2,4-5,15H,3,6-9,14H2. The van der Waals surface area contributed by atoms with Gasteiger partial charge in [0.2, 0.25) is 0 Å². The number of nitrogens with two attached hydrogens (primary N) is 1. The first kappa shape index (κ1) is 10.6. The van der Waals surface area contributed by atoms with Crippen LogP contribution in [0.2, 0.25) is 0 Å². The van der Waals surface area contributed by atoms with Crippen molar-refractivity contribution < 1.29 is 4.39 Å². The average molecular weight is 208 g/mol. The molecule has 2 nitrogen and oxygen atoms in total. The Balaban J connectivity index is 2.34. The minimum absolute atomic E-state index is 0.405. The summed E-state index contributed by atoms with van der Waals surface area (Å²) in [5, 5.41) is 3.11. The van der Waals surface area contributed by atoms with Crippen LogP contribution in [-0.2, 0) is 12.2 Å². The van der Waals surface area contributed by atoms with Crippen molar-refractivity contribution in [2.75, 3.05) is 13.1 Å². The van der Waals surface area contributed by atoms with Crippen molar-refractivity contribution in [3.05, 3.63) is 35.4 Å². The molecular weight excluding hydrogens is 191 g/mol. The molecule has 0 bridgehead atoms. The predicted octanol–water partition coefficient (Wildman–Crippen LogP) is 1.69. The molecule has 1 unspecified atom stereocenters. The number of nitrogens with one attached hydrogen (secondary N) is 1. The summed E-state index contributed by atoms with van der Waals surface area (Å²) in [5.41, 5.74) is 6.08. The zero-order chi connectivity index (χ0) is 10.7. The summed E-state index contributed by atoms with van der Waals surface area (Å²) in [7, 11) is 0. The van der Waals surface area contributed by atoms with E-state index in [4.69, 9.17) is 5.73 Å². The zero-order valence-corrected chi connectivity index (χ0v) is 8.80. The molecule has 2 rings (SSSR count). The van der Waals surface area contributed by atoms with Crippen LogP contribution in [0.15, 0.2) is 24.3 Å². The van der Waals surface area contributed by atoms with Crippen molar-refractivity contribution >= 4 is 0 Å². The lowest BCUT2D eigenvalue weighted by atomic mass is 9.85. The van der Waals surface area contributed by atoms with Crippen LogP contribution < -0.4 is 11.1 Å². The second kappa shape index (κ2) is 4.29. The highest BCUT2D eigenvalue weighted by molar-refractivity contribution is 5.33. The van der Waals surface area contributed by atoms with Crippen LogP contribution in [0.5, 0.6) is 0 Å². The van der Waals surface area contributed by atoms with Gasteiger partial charge in [-0.1, -0.05) is 24.3 Å². The Kier molecular flexibility index (Phi) is 3.03. The molecule has 0 radical (unpaired) electrons. The summed E-state index contributed by atoms with van der Waals surface area (Å²) in [4.78, 5) is 0. The second-order valence-electron chi connectivity index (χ2n) is 4.11. The van der Waals surface area contributed by atoms with E-state index in [2.05, 4.69) is 5.32 Å². The molecule has 0 amide bonds. The van der Waals surface area contributed by atoms with Crippen molar-refractivity contribution in [1.82, 2.24) is 5.32 Å². The van der Waals surface area contributed by atoms with Crippen molar-refractivity contribution in [3.8, 4) is 0 Å². The minimum Gasteiger partial charge on any atom is -0.326 e. The number of hydrogen-bond donors (Lipinski definition) is 2. The molecule has 1 atom stereocenters. The lowest BCUT2D eigenvalue weighted by molar-refractivity contribution is 0.121. The van der Waals surface area contributed by atoms with Crippen LogP contribution in [0.1, 0.15) is 24.0 Å². The fourth-order valence-electron chi connectivity index (χ4n) is 2.23. The molecule has 1 aromatic carbocycles. The van der Waals surface area contributed by atoms with E-state index in [1.807, 2.05) is 24.3 Å². The summed E-state index contributed by atoms with van der Waals surface area (Å²) < 4.78 is 14.6. The van der Waals surface area contributed by atoms with E-state index in [1.165, 1.54) is 0 Å². The van der Waals surface area contributed by atoms with Gasteiger partial charge in [-0.15, -0.1) is 0 Å². The number of hydrogen-bond acceptors (Lipinski definition) is 2. The van der Waals surface area contributed by atoms with Crippen LogP contribution in [0.3, 0.4) is 0 Å². The maximum absolute atomic E-state index is 14.6. The van der Waals surface area contributed by atoms with Crippen LogP contribution in [-0.4, -0.2) is 13.1 Å². The highest BCUT2D eigenvalue weighted by Gasteiger charge is 2.34. The topological polar surface area (TPSA) is 38.0 Å². The van der Waals surface area contributed by atoms with E-state index in [-0.39, 0.29) is 0 Å². The first-order valence-corrected chi connectivity index (χ1v) is 5.44. The van der Waals surface area contributed by atoms with Crippen LogP contribution in [0.4, 0.5) is 4.39 Å². The third-order valence-corrected chi connectivity index (χ3v) is 3.05. The van der Waals surface area contributed by atoms with Gasteiger partial charge in [0.1, 0.15) is 5.67 Å². The van der Waals surface area contributed by atoms with E-state index in [1.54, 1.807) is 0 Å². The summed E-state index contributed by atoms with van der Waals surface area (Å²) in [6.07, 6.45) is 1.48. The van der Waals surface area contributed by atoms with Gasteiger partial charge >= 0.3 is 0 Å². The Morgan fingerprint density at radius 1 is 1.40 bits per heavy atom. The Morgan fingerprint density at radius 2 is 2.20 bits per heavy atom. The van der Waals surface area contributed by atoms with E-state index in [9.17, 15) is 4.39 Å². The molecule has 1 fully saturated rings. The number of piperidine rings is 1. The smallest absolute Gasteiger partial charge is 0.148 e. The average Bonchev–Trinajstić information content (AvgIpc) is 2.30. The lowest BCUT2D eigenvalue weighted by Gasteiger charge is -2.32. The minimum atomic E-state index is -1.23. The third-order valence-electron chi connectivity index (χ3n) is 3.05. The lowest BCUT2D eigenvalue weighted by Crippen LogP contribution is -2.40. The molecule has 0 aromatic heterocycles. The van der Waals surface area contributed by atoms with Crippen LogP contribution >= 0.6 is 0 Å². The van der Waals surface area contributed by atoms with Gasteiger partial charge < -0.3 is 11.1 Å². The van der Waals surface area contributed by atoms with Gasteiger partial charge in [0.15, 0.2) is 0 Å². The monoisotopic (exact) mass is 208 g/mol. The number of halogens is 1. The fourth-order valence-corrected chi connectivity index (χ4v) is 2.23. The normalized spacial score (nSPS) is 26.5. The van der Waals surface area contributed by atoms with Crippen LogP contribution in [0.25, 0.3) is 0 Å². The van der Waals surface area contributed by atoms with E-state index >= 15 is 0 Å². The van der Waals surface area contributed by atoms with Crippen molar-refractivity contribution in [1.29, 1.82) is 0 Å². The van der Waals surface area contributed by atoms with Crippen molar-refractivity contribution in [2.45, 2.75) is 25.1 Å². The molecular formula is C12H17FN2. The van der Waals surface area contributed by atoms with Gasteiger partial charge in [-0.3, -0.25) is 0 Å². The molecule has 0 saturated carbocycles. The first-order chi connectivity index (χ1) is 7.26. The highest BCUT2D eigenvalue weighted by Crippen LogP contribution is 2.34. The maximum atomic E-state index is 14.6. The van der Waals surface area contributed by atoms with E-state index < -0.39 is 5.67 Å². The van der Waals surface area contributed by atoms with Gasteiger partial charge in [0.05, 0.1) is 0 Å². The Labute approximate surface area is 89.7 Å². The first-order valence-electron chi connectivity index (χ1n) is 5.44. The number of rotatable bonds is 2. The number of benzene rings is 1. The van der Waals surface area contributed by atoms with Gasteiger partial charge in [-0.25, -0.2) is 4.39 Å². The molecule has 1 aliphatic rings. The second-order valence-corrected chi connectivity index (χ2v) is 4.11. The molecule has 0 spiro atoms. The van der Waals surface area contributed by atoms with E-state index in [0.29, 0.717) is 19.5 Å². The molecule has 82 valence electrons. The molecule has 15 heavy (non-hydrogen) atoms. The van der Waals surface area contributed by atoms with Gasteiger partial charge in [-0.2, -0.15) is 0 Å². The SMILES string of the molecule is NCc1ccccc1C1(F)CCCNC1. The van der Waals surface area contributed by atoms with Crippen molar-refractivity contribution in [3.63, 3.8) is 0 Å². The molecule has 1 heterocycles. The molecule has 3 heteroatoms. The Bertz CT molecular complexity index is 332. The van der Waals surface area contributed by atoms with Gasteiger partial charge in [0, 0.05) is 13.1 Å². The van der Waals surface area contributed by atoms with Crippen LogP contribution in [0, 0.1) is 0 Å². The summed E-state index contributed by atoms with van der Waals surface area (Å²) in [5.74, 6) is 0. The van der Waals surface area contributed by atoms with Gasteiger partial charge in [-0.05, 0) is 30.5 Å². The Hall–Kier alpha value is -0.930. The largest absolute Gasteiger partial charge is 0.326 e.